The molecule has 2 heterocycles. The average Bonchev–Trinajstić information content (AvgIpc) is 2.71. The van der Waals surface area contributed by atoms with E-state index >= 15 is 0 Å². The van der Waals surface area contributed by atoms with E-state index in [1.165, 1.54) is 20.9 Å². The number of rotatable bonds is 3. The van der Waals surface area contributed by atoms with Crippen LogP contribution in [0.15, 0.2) is 12.1 Å². The Morgan fingerprint density at radius 2 is 1.48 bits per heavy atom. The van der Waals surface area contributed by atoms with Crippen molar-refractivity contribution >= 4 is 0 Å². The van der Waals surface area contributed by atoms with Gasteiger partial charge in [0.2, 0.25) is 0 Å². The molecule has 156 valence electrons. The SMILES string of the molecule is COc1cc2c(c(-c3c(O)c(OC)cc4c3[C@@H](C)[NH+](C)CC4)c1O)C[NH+](C)CC2. The van der Waals surface area contributed by atoms with Crippen molar-refractivity contribution in [2.75, 3.05) is 41.4 Å². The summed E-state index contributed by atoms with van der Waals surface area (Å²) in [4.78, 5) is 2.78. The monoisotopic (exact) mass is 400 g/mol. The number of hydrogen-bond donors (Lipinski definition) is 4. The predicted molar refractivity (Wildman–Crippen MR) is 111 cm³/mol. The van der Waals surface area contributed by atoms with Crippen molar-refractivity contribution in [3.8, 4) is 34.1 Å². The Morgan fingerprint density at radius 3 is 2.14 bits per heavy atom. The van der Waals surface area contributed by atoms with Crippen LogP contribution in [0.25, 0.3) is 11.1 Å². The topological polar surface area (TPSA) is 67.8 Å². The molecule has 0 saturated heterocycles. The molecule has 4 rings (SSSR count). The second-order valence-electron chi connectivity index (χ2n) is 8.52. The molecule has 3 atom stereocenters. The van der Waals surface area contributed by atoms with Crippen LogP contribution in [0.5, 0.6) is 23.0 Å². The molecule has 0 aliphatic carbocycles. The third-order valence-corrected chi connectivity index (χ3v) is 6.81. The second kappa shape index (κ2) is 7.43. The number of likely N-dealkylation sites (N-methyl/N-ethyl adjacent to an activating group) is 2. The number of phenols is 2. The third-order valence-electron chi connectivity index (χ3n) is 6.81. The lowest BCUT2D eigenvalue weighted by Crippen LogP contribution is -3.10. The first-order valence-electron chi connectivity index (χ1n) is 10.4. The fourth-order valence-electron chi connectivity index (χ4n) is 4.95. The van der Waals surface area contributed by atoms with Gasteiger partial charge >= 0.3 is 0 Å². The van der Waals surface area contributed by atoms with Gasteiger partial charge in [0, 0.05) is 35.1 Å². The Bertz CT molecular complexity index is 957. The summed E-state index contributed by atoms with van der Waals surface area (Å²) < 4.78 is 11.0. The van der Waals surface area contributed by atoms with Gasteiger partial charge < -0.3 is 29.5 Å². The highest BCUT2D eigenvalue weighted by atomic mass is 16.5. The molecule has 6 nitrogen and oxygen atoms in total. The van der Waals surface area contributed by atoms with Crippen molar-refractivity contribution < 1.29 is 29.5 Å². The fourth-order valence-corrected chi connectivity index (χ4v) is 4.95. The first kappa shape index (κ1) is 19.9. The van der Waals surface area contributed by atoms with Crippen LogP contribution >= 0.6 is 0 Å². The molecule has 2 aromatic rings. The fraction of sp³-hybridized carbons (Fsp3) is 0.478. The van der Waals surface area contributed by atoms with Crippen molar-refractivity contribution in [1.82, 2.24) is 0 Å². The molecule has 6 heteroatoms. The molecule has 0 saturated carbocycles. The van der Waals surface area contributed by atoms with Gasteiger partial charge in [-0.1, -0.05) is 0 Å². The Morgan fingerprint density at radius 1 is 0.897 bits per heavy atom. The van der Waals surface area contributed by atoms with Crippen LogP contribution in [-0.4, -0.2) is 51.6 Å². The number of fused-ring (bicyclic) bond motifs is 2. The minimum atomic E-state index is 0.0989. The van der Waals surface area contributed by atoms with Crippen LogP contribution in [0.2, 0.25) is 0 Å². The number of aromatic hydroxyl groups is 2. The van der Waals surface area contributed by atoms with Gasteiger partial charge in [-0.15, -0.1) is 0 Å². The van der Waals surface area contributed by atoms with Gasteiger partial charge in [0.15, 0.2) is 23.0 Å². The highest BCUT2D eigenvalue weighted by molar-refractivity contribution is 5.87. The van der Waals surface area contributed by atoms with Gasteiger partial charge in [-0.3, -0.25) is 0 Å². The first-order chi connectivity index (χ1) is 13.9. The summed E-state index contributed by atoms with van der Waals surface area (Å²) in [6.07, 6.45) is 1.83. The van der Waals surface area contributed by atoms with E-state index in [0.29, 0.717) is 22.6 Å². The summed E-state index contributed by atoms with van der Waals surface area (Å²) in [6, 6.07) is 4.10. The highest BCUT2D eigenvalue weighted by Gasteiger charge is 2.35. The molecule has 2 aromatic carbocycles. The lowest BCUT2D eigenvalue weighted by atomic mass is 9.82. The molecule has 0 fully saturated rings. The van der Waals surface area contributed by atoms with Gasteiger partial charge in [-0.05, 0) is 30.2 Å². The maximum atomic E-state index is 11.3. The van der Waals surface area contributed by atoms with Crippen molar-refractivity contribution in [1.29, 1.82) is 0 Å². The van der Waals surface area contributed by atoms with E-state index < -0.39 is 0 Å². The Labute approximate surface area is 172 Å². The average molecular weight is 401 g/mol. The molecule has 4 N–H and O–H groups in total. The van der Waals surface area contributed by atoms with Crippen LogP contribution in [0.3, 0.4) is 0 Å². The molecule has 0 radical (unpaired) electrons. The summed E-state index contributed by atoms with van der Waals surface area (Å²) in [5, 5.41) is 22.5. The van der Waals surface area contributed by atoms with E-state index in [4.69, 9.17) is 9.47 Å². The second-order valence-corrected chi connectivity index (χ2v) is 8.52. The van der Waals surface area contributed by atoms with Crippen molar-refractivity contribution in [2.45, 2.75) is 32.4 Å². The summed E-state index contributed by atoms with van der Waals surface area (Å²) in [5.41, 5.74) is 5.95. The number of hydrogen-bond acceptors (Lipinski definition) is 4. The molecule has 2 aliphatic heterocycles. The molecule has 0 aromatic heterocycles. The van der Waals surface area contributed by atoms with E-state index in [0.717, 1.165) is 43.6 Å². The van der Waals surface area contributed by atoms with E-state index in [9.17, 15) is 10.2 Å². The summed E-state index contributed by atoms with van der Waals surface area (Å²) in [5.74, 6) is 1.11. The van der Waals surface area contributed by atoms with Crippen molar-refractivity contribution in [3.63, 3.8) is 0 Å². The third kappa shape index (κ3) is 3.11. The number of phenolic OH excluding ortho intramolecular Hbond substituents is 2. The van der Waals surface area contributed by atoms with Crippen LogP contribution in [0.4, 0.5) is 0 Å². The minimum absolute atomic E-state index is 0.0989. The van der Waals surface area contributed by atoms with Gasteiger partial charge in [0.25, 0.3) is 0 Å². The highest BCUT2D eigenvalue weighted by Crippen LogP contribution is 2.51. The van der Waals surface area contributed by atoms with E-state index in [2.05, 4.69) is 21.0 Å². The van der Waals surface area contributed by atoms with Crippen molar-refractivity contribution in [3.05, 3.63) is 34.4 Å². The predicted octanol–water partition coefficient (Wildman–Crippen LogP) is 0.485. The lowest BCUT2D eigenvalue weighted by molar-refractivity contribution is -0.912. The smallest absolute Gasteiger partial charge is 0.166 e. The summed E-state index contributed by atoms with van der Waals surface area (Å²) in [7, 11) is 7.49. The quantitative estimate of drug-likeness (QED) is 0.605. The van der Waals surface area contributed by atoms with Crippen LogP contribution < -0.4 is 19.3 Å². The van der Waals surface area contributed by atoms with Gasteiger partial charge in [0.05, 0.1) is 41.4 Å². The molecule has 2 unspecified atom stereocenters. The molecular weight excluding hydrogens is 368 g/mol. The van der Waals surface area contributed by atoms with Gasteiger partial charge in [0.1, 0.15) is 12.6 Å². The Hall–Kier alpha value is -2.44. The molecule has 0 bridgehead atoms. The lowest BCUT2D eigenvalue weighted by Gasteiger charge is -2.33. The zero-order chi connectivity index (χ0) is 20.9. The molecule has 0 spiro atoms. The van der Waals surface area contributed by atoms with Gasteiger partial charge in [-0.2, -0.15) is 0 Å². The van der Waals surface area contributed by atoms with E-state index in [1.807, 2.05) is 12.1 Å². The first-order valence-corrected chi connectivity index (χ1v) is 10.4. The number of ether oxygens (including phenoxy) is 2. The largest absolute Gasteiger partial charge is 0.504 e. The number of methoxy groups -OCH3 is 2. The summed E-state index contributed by atoms with van der Waals surface area (Å²) >= 11 is 0. The maximum Gasteiger partial charge on any atom is 0.166 e. The minimum Gasteiger partial charge on any atom is -0.504 e. The standard InChI is InChI=1S/C23H30N2O4/c1-13-19-15(7-9-25(13)3)11-18(29-5)23(27)21(19)20-16-12-24(2)8-6-14(16)10-17(28-4)22(20)26/h10-11,13,26-27H,6-9,12H2,1-5H3/p+2/t13-/m1/s1. The number of benzene rings is 2. The zero-order valence-corrected chi connectivity index (χ0v) is 18.0. The molecule has 0 amide bonds. The molecular formula is C23H32N2O4+2. The number of quaternary nitrogens is 2. The Kier molecular flexibility index (Phi) is 5.09. The van der Waals surface area contributed by atoms with E-state index in [-0.39, 0.29) is 17.5 Å². The van der Waals surface area contributed by atoms with Crippen LogP contribution in [0, 0.1) is 0 Å². The van der Waals surface area contributed by atoms with Crippen LogP contribution in [0.1, 0.15) is 35.2 Å². The normalized spacial score (nSPS) is 23.3. The zero-order valence-electron chi connectivity index (χ0n) is 18.0. The molecule has 2 aliphatic rings. The van der Waals surface area contributed by atoms with E-state index in [1.54, 1.807) is 14.2 Å². The molecule has 29 heavy (non-hydrogen) atoms. The van der Waals surface area contributed by atoms with Crippen molar-refractivity contribution in [2.24, 2.45) is 0 Å². The summed E-state index contributed by atoms with van der Waals surface area (Å²) in [6.45, 7) is 5.04. The van der Waals surface area contributed by atoms with Gasteiger partial charge in [-0.25, -0.2) is 0 Å². The Balaban J connectivity index is 2.10. The van der Waals surface area contributed by atoms with Crippen LogP contribution in [-0.2, 0) is 19.4 Å². The number of nitrogens with one attached hydrogen (secondary N) is 2. The maximum absolute atomic E-state index is 11.3.